The fourth-order valence-corrected chi connectivity index (χ4v) is 2.37. The van der Waals surface area contributed by atoms with Gasteiger partial charge >= 0.3 is 5.00 Å². The van der Waals surface area contributed by atoms with Crippen LogP contribution in [-0.4, -0.2) is 11.5 Å². The van der Waals surface area contributed by atoms with Gasteiger partial charge in [-0.25, -0.2) is 0 Å². The second-order valence-electron chi connectivity index (χ2n) is 3.12. The van der Waals surface area contributed by atoms with E-state index in [1.165, 1.54) is 11.3 Å². The molecule has 1 aromatic heterocycles. The molecular formula is C8H10N2O2S. The first-order valence-electron chi connectivity index (χ1n) is 4.23. The molecule has 0 bridgehead atoms. The number of nitrogens with zero attached hydrogens (tertiary/aromatic N) is 1. The van der Waals surface area contributed by atoms with Crippen molar-refractivity contribution in [3.63, 3.8) is 0 Å². The van der Waals surface area contributed by atoms with Crippen LogP contribution in [0.3, 0.4) is 0 Å². The Morgan fingerprint density at radius 3 is 3.08 bits per heavy atom. The summed E-state index contributed by atoms with van der Waals surface area (Å²) in [6.07, 6.45) is 2.25. The van der Waals surface area contributed by atoms with Gasteiger partial charge in [-0.15, -0.1) is 0 Å². The topological polar surface area (TPSA) is 55.2 Å². The molecule has 1 aliphatic rings. The summed E-state index contributed by atoms with van der Waals surface area (Å²) in [5.41, 5.74) is 1.06. The molecule has 0 spiro atoms. The van der Waals surface area contributed by atoms with Gasteiger partial charge in [0.15, 0.2) is 0 Å². The van der Waals surface area contributed by atoms with Crippen molar-refractivity contribution in [3.8, 4) is 0 Å². The van der Waals surface area contributed by atoms with Crippen molar-refractivity contribution in [1.29, 1.82) is 0 Å². The maximum atomic E-state index is 10.4. The Balaban J connectivity index is 2.16. The van der Waals surface area contributed by atoms with Crippen molar-refractivity contribution in [1.82, 2.24) is 5.32 Å². The zero-order valence-electron chi connectivity index (χ0n) is 7.03. The molecule has 0 unspecified atom stereocenters. The summed E-state index contributed by atoms with van der Waals surface area (Å²) in [4.78, 5) is 10.1. The zero-order chi connectivity index (χ0) is 9.26. The van der Waals surface area contributed by atoms with E-state index in [1.807, 2.05) is 5.38 Å². The lowest BCUT2D eigenvalue weighted by Gasteiger charge is -2.05. The van der Waals surface area contributed by atoms with Gasteiger partial charge in [0, 0.05) is 17.5 Å². The lowest BCUT2D eigenvalue weighted by Crippen LogP contribution is -2.11. The van der Waals surface area contributed by atoms with Crippen molar-refractivity contribution in [2.24, 2.45) is 0 Å². The summed E-state index contributed by atoms with van der Waals surface area (Å²) in [6, 6.07) is 2.01. The first kappa shape index (κ1) is 8.65. The van der Waals surface area contributed by atoms with E-state index < -0.39 is 0 Å². The molecule has 4 nitrogen and oxygen atoms in total. The van der Waals surface area contributed by atoms with E-state index in [1.54, 1.807) is 6.07 Å². The Kier molecular flexibility index (Phi) is 2.28. The van der Waals surface area contributed by atoms with Crippen molar-refractivity contribution in [3.05, 3.63) is 27.1 Å². The average molecular weight is 198 g/mol. The van der Waals surface area contributed by atoms with Crippen LogP contribution < -0.4 is 5.32 Å². The number of thiophene rings is 1. The highest BCUT2D eigenvalue weighted by atomic mass is 32.1. The van der Waals surface area contributed by atoms with E-state index in [4.69, 9.17) is 0 Å². The molecule has 13 heavy (non-hydrogen) atoms. The lowest BCUT2D eigenvalue weighted by molar-refractivity contribution is -0.380. The van der Waals surface area contributed by atoms with Gasteiger partial charge in [-0.05, 0) is 24.9 Å². The van der Waals surface area contributed by atoms with E-state index in [9.17, 15) is 10.1 Å². The molecule has 70 valence electrons. The Bertz CT molecular complexity index is 318. The smallest absolute Gasteiger partial charge is 0.310 e. The minimum atomic E-state index is -0.330. The first-order chi connectivity index (χ1) is 6.27. The molecule has 0 aromatic carbocycles. The summed E-state index contributed by atoms with van der Waals surface area (Å²) in [6.45, 7) is 1.02. The average Bonchev–Trinajstić information content (AvgIpc) is 2.75. The zero-order valence-corrected chi connectivity index (χ0v) is 7.84. The highest BCUT2D eigenvalue weighted by Crippen LogP contribution is 2.30. The van der Waals surface area contributed by atoms with E-state index in [0.717, 1.165) is 24.9 Å². The van der Waals surface area contributed by atoms with Crippen molar-refractivity contribution < 1.29 is 4.92 Å². The Morgan fingerprint density at radius 2 is 2.54 bits per heavy atom. The van der Waals surface area contributed by atoms with Crippen LogP contribution in [-0.2, 0) is 0 Å². The molecular weight excluding hydrogens is 188 g/mol. The first-order valence-corrected chi connectivity index (χ1v) is 5.11. The summed E-state index contributed by atoms with van der Waals surface area (Å²) in [7, 11) is 0. The second-order valence-corrected chi connectivity index (χ2v) is 4.01. The van der Waals surface area contributed by atoms with Gasteiger partial charge in [0.2, 0.25) is 0 Å². The molecule has 0 aliphatic carbocycles. The van der Waals surface area contributed by atoms with Crippen LogP contribution in [0.5, 0.6) is 0 Å². The Labute approximate surface area is 79.7 Å². The highest BCUT2D eigenvalue weighted by Gasteiger charge is 2.20. The molecule has 1 aromatic rings. The van der Waals surface area contributed by atoms with Gasteiger partial charge in [-0.2, -0.15) is 0 Å². The van der Waals surface area contributed by atoms with Gasteiger partial charge < -0.3 is 5.32 Å². The monoisotopic (exact) mass is 198 g/mol. The number of nitro groups is 1. The molecule has 1 N–H and O–H groups in total. The van der Waals surface area contributed by atoms with Gasteiger partial charge in [0.1, 0.15) is 0 Å². The van der Waals surface area contributed by atoms with Gasteiger partial charge in [-0.3, -0.25) is 10.1 Å². The molecule has 5 heteroatoms. The molecule has 1 aliphatic heterocycles. The van der Waals surface area contributed by atoms with Crippen LogP contribution in [0.4, 0.5) is 5.00 Å². The molecule has 1 fully saturated rings. The Morgan fingerprint density at radius 1 is 1.69 bits per heavy atom. The third-order valence-corrected chi connectivity index (χ3v) is 3.15. The number of rotatable bonds is 2. The Hall–Kier alpha value is -0.940. The van der Waals surface area contributed by atoms with Crippen molar-refractivity contribution in [2.45, 2.75) is 18.9 Å². The molecule has 2 heterocycles. The van der Waals surface area contributed by atoms with Crippen LogP contribution in [0.1, 0.15) is 24.4 Å². The fourth-order valence-electron chi connectivity index (χ4n) is 1.59. The number of hydrogen-bond donors (Lipinski definition) is 1. The number of hydrogen-bond acceptors (Lipinski definition) is 4. The molecule has 1 atom stereocenters. The van der Waals surface area contributed by atoms with Crippen LogP contribution in [0.2, 0.25) is 0 Å². The van der Waals surface area contributed by atoms with Gasteiger partial charge in [0.25, 0.3) is 0 Å². The van der Waals surface area contributed by atoms with Crippen molar-refractivity contribution in [2.75, 3.05) is 6.54 Å². The SMILES string of the molecule is O=[N+]([O-])c1cc([C@H]2CCCN2)cs1. The van der Waals surface area contributed by atoms with Crippen LogP contribution in [0.15, 0.2) is 11.4 Å². The van der Waals surface area contributed by atoms with Crippen molar-refractivity contribution >= 4 is 16.3 Å². The van der Waals surface area contributed by atoms with Crippen LogP contribution in [0.25, 0.3) is 0 Å². The molecule has 0 radical (unpaired) electrons. The third kappa shape index (κ3) is 1.71. The van der Waals surface area contributed by atoms with E-state index in [2.05, 4.69) is 5.32 Å². The largest absolute Gasteiger partial charge is 0.324 e. The van der Waals surface area contributed by atoms with E-state index in [0.29, 0.717) is 6.04 Å². The predicted molar refractivity (Wildman–Crippen MR) is 51.0 cm³/mol. The normalized spacial score (nSPS) is 22.0. The molecule has 1 saturated heterocycles. The highest BCUT2D eigenvalue weighted by molar-refractivity contribution is 7.13. The van der Waals surface area contributed by atoms with Gasteiger partial charge in [0.05, 0.1) is 4.92 Å². The van der Waals surface area contributed by atoms with E-state index >= 15 is 0 Å². The quantitative estimate of drug-likeness (QED) is 0.584. The maximum Gasteiger partial charge on any atom is 0.324 e. The summed E-state index contributed by atoms with van der Waals surface area (Å²) < 4.78 is 0. The third-order valence-electron chi connectivity index (χ3n) is 2.25. The van der Waals surface area contributed by atoms with Gasteiger partial charge in [-0.1, -0.05) is 11.3 Å². The minimum absolute atomic E-state index is 0.240. The lowest BCUT2D eigenvalue weighted by atomic mass is 10.1. The fraction of sp³-hybridized carbons (Fsp3) is 0.500. The molecule has 0 amide bonds. The summed E-state index contributed by atoms with van der Waals surface area (Å²) in [5, 5.41) is 15.8. The predicted octanol–water partition coefficient (Wildman–Crippen LogP) is 2.08. The number of nitrogens with one attached hydrogen (secondary N) is 1. The minimum Gasteiger partial charge on any atom is -0.310 e. The standard InChI is InChI=1S/C8H10N2O2S/c11-10(12)8-4-6(5-13-8)7-2-1-3-9-7/h4-5,7,9H,1-3H2/t7-/m1/s1. The summed E-state index contributed by atoms with van der Waals surface area (Å²) >= 11 is 1.21. The molecule has 0 saturated carbocycles. The van der Waals surface area contributed by atoms with E-state index in [-0.39, 0.29) is 9.92 Å². The summed E-state index contributed by atoms with van der Waals surface area (Å²) in [5.74, 6) is 0. The van der Waals surface area contributed by atoms with Crippen LogP contribution >= 0.6 is 11.3 Å². The maximum absolute atomic E-state index is 10.4. The second kappa shape index (κ2) is 3.43. The van der Waals surface area contributed by atoms with Crippen LogP contribution in [0, 0.1) is 10.1 Å². The molecule has 2 rings (SSSR count).